The fraction of sp³-hybridized carbons (Fsp3) is 0. The van der Waals surface area contributed by atoms with E-state index in [1.807, 2.05) is 66.9 Å². The maximum absolute atomic E-state index is 5.08. The molecule has 0 unspecified atom stereocenters. The Morgan fingerprint density at radius 2 is 0.683 bits per heavy atom. The summed E-state index contributed by atoms with van der Waals surface area (Å²) in [6.07, 6.45) is 3.73. The molecule has 0 radical (unpaired) electrons. The van der Waals surface area contributed by atoms with Gasteiger partial charge in [-0.25, -0.2) is 15.0 Å². The van der Waals surface area contributed by atoms with Crippen molar-refractivity contribution >= 4 is 0 Å². The van der Waals surface area contributed by atoms with E-state index in [2.05, 4.69) is 157 Å². The van der Waals surface area contributed by atoms with E-state index in [4.69, 9.17) is 19.9 Å². The Morgan fingerprint density at radius 1 is 0.233 bits per heavy atom. The second-order valence-electron chi connectivity index (χ2n) is 14.5. The third-order valence-corrected chi connectivity index (χ3v) is 10.7. The van der Waals surface area contributed by atoms with Gasteiger partial charge in [-0.3, -0.25) is 9.97 Å². The zero-order chi connectivity index (χ0) is 40.1. The Hall–Kier alpha value is -8.15. The van der Waals surface area contributed by atoms with Crippen LogP contribution in [0.5, 0.6) is 0 Å². The summed E-state index contributed by atoms with van der Waals surface area (Å²) in [6, 6.07) is 73.0. The van der Waals surface area contributed by atoms with Crippen molar-refractivity contribution in [2.24, 2.45) is 0 Å². The van der Waals surface area contributed by atoms with Gasteiger partial charge in [-0.15, -0.1) is 0 Å². The zero-order valence-electron chi connectivity index (χ0n) is 32.6. The van der Waals surface area contributed by atoms with Gasteiger partial charge in [-0.05, 0) is 75.3 Å². The van der Waals surface area contributed by atoms with E-state index in [-0.39, 0.29) is 0 Å². The molecule has 0 aliphatic carbocycles. The van der Waals surface area contributed by atoms with Crippen molar-refractivity contribution in [2.75, 3.05) is 0 Å². The van der Waals surface area contributed by atoms with Crippen LogP contribution in [0.2, 0.25) is 0 Å². The molecule has 10 rings (SSSR count). The summed E-state index contributed by atoms with van der Waals surface area (Å²) in [5, 5.41) is 0. The molecule has 0 amide bonds. The number of nitrogens with zero attached hydrogens (tertiary/aromatic N) is 5. The maximum Gasteiger partial charge on any atom is 0.160 e. The van der Waals surface area contributed by atoms with E-state index >= 15 is 0 Å². The SMILES string of the molecule is c1ccc(-c2cc(-c3ccccc3)nc(-c3ccc(-c4ccc(-c5ccc(-c6cc(-c7ccccc7-c7ccccc7)cc(-c7ccccn7)n6)nc5)cc4)cc3)n2)cc1. The van der Waals surface area contributed by atoms with Crippen molar-refractivity contribution in [3.05, 3.63) is 225 Å². The Balaban J connectivity index is 0.922. The van der Waals surface area contributed by atoms with E-state index in [0.29, 0.717) is 5.82 Å². The van der Waals surface area contributed by atoms with Crippen LogP contribution < -0.4 is 0 Å². The van der Waals surface area contributed by atoms with Crippen LogP contribution in [0.1, 0.15) is 0 Å². The average molecular weight is 768 g/mol. The number of aromatic nitrogens is 5. The monoisotopic (exact) mass is 767 g/mol. The lowest BCUT2D eigenvalue weighted by Crippen LogP contribution is -1.96. The molecule has 0 spiro atoms. The molecule has 5 heteroatoms. The van der Waals surface area contributed by atoms with Crippen molar-refractivity contribution in [1.29, 1.82) is 0 Å². The van der Waals surface area contributed by atoms with Crippen molar-refractivity contribution < 1.29 is 0 Å². The Labute approximate surface area is 349 Å². The van der Waals surface area contributed by atoms with Crippen LogP contribution in [0.15, 0.2) is 225 Å². The molecule has 60 heavy (non-hydrogen) atoms. The predicted octanol–water partition coefficient (Wildman–Crippen LogP) is 13.7. The minimum absolute atomic E-state index is 0.694. The molecule has 0 bridgehead atoms. The number of pyridine rings is 3. The molecule has 282 valence electrons. The summed E-state index contributed by atoms with van der Waals surface area (Å²) in [7, 11) is 0. The lowest BCUT2D eigenvalue weighted by molar-refractivity contribution is 1.18. The molecule has 0 atom stereocenters. The Morgan fingerprint density at radius 3 is 1.20 bits per heavy atom. The van der Waals surface area contributed by atoms with Crippen LogP contribution in [0.4, 0.5) is 0 Å². The topological polar surface area (TPSA) is 64.5 Å². The van der Waals surface area contributed by atoms with Crippen LogP contribution in [-0.4, -0.2) is 24.9 Å². The standard InChI is InChI=1S/C55H37N5/c1-4-14-41(15-5-1)47-20-10-11-21-48(47)46-34-53(49-22-12-13-33-56-49)58-54(35-46)50-32-31-45(37-57-50)40-25-23-38(24-26-40)39-27-29-44(30-28-39)55-59-51(42-16-6-2-7-17-42)36-52(60-55)43-18-8-3-9-19-43/h1-37H. The Bertz CT molecular complexity index is 2970. The molecular weight excluding hydrogens is 731 g/mol. The van der Waals surface area contributed by atoms with Crippen LogP contribution >= 0.6 is 0 Å². The summed E-state index contributed by atoms with van der Waals surface area (Å²) in [5.74, 6) is 0.694. The number of benzene rings is 6. The normalized spacial score (nSPS) is 11.0. The molecular formula is C55H37N5. The molecule has 0 aliphatic heterocycles. The largest absolute Gasteiger partial charge is 0.255 e. The first-order chi connectivity index (χ1) is 29.7. The van der Waals surface area contributed by atoms with Crippen molar-refractivity contribution in [3.63, 3.8) is 0 Å². The number of hydrogen-bond acceptors (Lipinski definition) is 5. The van der Waals surface area contributed by atoms with Crippen LogP contribution in [0.3, 0.4) is 0 Å². The second kappa shape index (κ2) is 16.4. The average Bonchev–Trinajstić information content (AvgIpc) is 3.35. The highest BCUT2D eigenvalue weighted by atomic mass is 14.9. The van der Waals surface area contributed by atoms with E-state index < -0.39 is 0 Å². The molecule has 0 fully saturated rings. The summed E-state index contributed by atoms with van der Waals surface area (Å²) in [6.45, 7) is 0. The number of rotatable bonds is 9. The van der Waals surface area contributed by atoms with E-state index in [1.54, 1.807) is 6.20 Å². The smallest absolute Gasteiger partial charge is 0.160 e. The van der Waals surface area contributed by atoms with Gasteiger partial charge >= 0.3 is 0 Å². The van der Waals surface area contributed by atoms with Crippen molar-refractivity contribution in [3.8, 4) is 101 Å². The highest BCUT2D eigenvalue weighted by Crippen LogP contribution is 2.36. The third-order valence-electron chi connectivity index (χ3n) is 10.7. The molecule has 0 aliphatic rings. The molecule has 0 saturated carbocycles. The van der Waals surface area contributed by atoms with Crippen molar-refractivity contribution in [2.45, 2.75) is 0 Å². The fourth-order valence-electron chi connectivity index (χ4n) is 7.54. The molecule has 0 N–H and O–H groups in total. The molecule has 6 aromatic carbocycles. The number of hydrogen-bond donors (Lipinski definition) is 0. The molecule has 4 heterocycles. The lowest BCUT2D eigenvalue weighted by Gasteiger charge is -2.13. The van der Waals surface area contributed by atoms with E-state index in [0.717, 1.165) is 95.4 Å². The van der Waals surface area contributed by atoms with Gasteiger partial charge in [0.15, 0.2) is 5.82 Å². The molecule has 0 saturated heterocycles. The quantitative estimate of drug-likeness (QED) is 0.146. The van der Waals surface area contributed by atoms with Gasteiger partial charge < -0.3 is 0 Å². The third kappa shape index (κ3) is 7.63. The molecule has 5 nitrogen and oxygen atoms in total. The minimum atomic E-state index is 0.694. The van der Waals surface area contributed by atoms with Gasteiger partial charge in [0.1, 0.15) is 0 Å². The van der Waals surface area contributed by atoms with Gasteiger partial charge in [0.05, 0.1) is 34.2 Å². The summed E-state index contributed by atoms with van der Waals surface area (Å²) >= 11 is 0. The van der Waals surface area contributed by atoms with Gasteiger partial charge in [-0.1, -0.05) is 176 Å². The van der Waals surface area contributed by atoms with Crippen LogP contribution in [0.25, 0.3) is 101 Å². The highest BCUT2D eigenvalue weighted by Gasteiger charge is 2.15. The van der Waals surface area contributed by atoms with Crippen LogP contribution in [-0.2, 0) is 0 Å². The highest BCUT2D eigenvalue weighted by molar-refractivity contribution is 5.86. The van der Waals surface area contributed by atoms with E-state index in [1.165, 1.54) is 0 Å². The lowest BCUT2D eigenvalue weighted by atomic mass is 9.93. The van der Waals surface area contributed by atoms with Crippen molar-refractivity contribution in [1.82, 2.24) is 24.9 Å². The maximum atomic E-state index is 5.08. The van der Waals surface area contributed by atoms with Gasteiger partial charge in [-0.2, -0.15) is 0 Å². The summed E-state index contributed by atoms with van der Waals surface area (Å²) in [4.78, 5) is 24.7. The summed E-state index contributed by atoms with van der Waals surface area (Å²) < 4.78 is 0. The second-order valence-corrected chi connectivity index (χ2v) is 14.5. The predicted molar refractivity (Wildman–Crippen MR) is 244 cm³/mol. The first-order valence-electron chi connectivity index (χ1n) is 20.0. The van der Waals surface area contributed by atoms with Crippen LogP contribution in [0, 0.1) is 0 Å². The summed E-state index contributed by atoms with van der Waals surface area (Å²) in [5.41, 5.74) is 16.9. The molecule has 10 aromatic rings. The minimum Gasteiger partial charge on any atom is -0.255 e. The zero-order valence-corrected chi connectivity index (χ0v) is 32.6. The molecule has 4 aromatic heterocycles. The van der Waals surface area contributed by atoms with Gasteiger partial charge in [0.2, 0.25) is 0 Å². The first-order valence-corrected chi connectivity index (χ1v) is 20.0. The van der Waals surface area contributed by atoms with Gasteiger partial charge in [0, 0.05) is 34.6 Å². The van der Waals surface area contributed by atoms with E-state index in [9.17, 15) is 0 Å². The first kappa shape index (κ1) is 36.2. The van der Waals surface area contributed by atoms with Gasteiger partial charge in [0.25, 0.3) is 0 Å². The Kier molecular flexibility index (Phi) is 9.88. The fourth-order valence-corrected chi connectivity index (χ4v) is 7.54.